The molecule has 1 N–H and O–H groups in total. The van der Waals surface area contributed by atoms with Gasteiger partial charge in [0.05, 0.1) is 0 Å². The van der Waals surface area contributed by atoms with Gasteiger partial charge in [-0.05, 0) is 24.3 Å². The molecule has 250 valence electrons. The van der Waals surface area contributed by atoms with Gasteiger partial charge in [-0.3, -0.25) is 0 Å². The first-order valence-electron chi connectivity index (χ1n) is 15.6. The van der Waals surface area contributed by atoms with Crippen LogP contribution in [-0.2, 0) is 9.98 Å². The molecule has 6 aromatic rings. The third-order valence-electron chi connectivity index (χ3n) is 7.52. The molecule has 6 rings (SSSR count). The van der Waals surface area contributed by atoms with E-state index in [2.05, 4.69) is 13.8 Å². The van der Waals surface area contributed by atoms with Gasteiger partial charge in [0.2, 0.25) is 0 Å². The second-order valence-electron chi connectivity index (χ2n) is 11.5. The molecule has 0 radical (unpaired) electrons. The second kappa shape index (κ2) is 14.9. The number of rotatable bonds is 14. The van der Waals surface area contributed by atoms with Crippen LogP contribution in [0.15, 0.2) is 170 Å². The van der Waals surface area contributed by atoms with Crippen LogP contribution in [0.1, 0.15) is 25.0 Å². The molecule has 6 aromatic carbocycles. The van der Waals surface area contributed by atoms with Gasteiger partial charge in [-0.15, -0.1) is 0 Å². The van der Waals surface area contributed by atoms with E-state index in [9.17, 15) is 9.46 Å². The topological polar surface area (TPSA) is 92.7 Å². The number of hydrogen-bond acceptors (Lipinski definition) is 8. The first kappa shape index (κ1) is 33.6. The summed E-state index contributed by atoms with van der Waals surface area (Å²) in [5, 5.41) is 0. The van der Waals surface area contributed by atoms with E-state index in [0.717, 1.165) is 11.1 Å². The summed E-state index contributed by atoms with van der Waals surface area (Å²) in [4.78, 5) is 11.5. The van der Waals surface area contributed by atoms with Crippen molar-refractivity contribution < 1.29 is 36.6 Å². The predicted octanol–water partition coefficient (Wildman–Crippen LogP) is 10.6. The standard InChI is InChI=1S/C39H36O8P2/c1-39(2,31-23-27-37(28-24-31)46-48(40,42-33-15-7-3-8-16-33)43-34-17-9-4-10-18-34)32-25-29-38(30-26-32)47-49(41,44-35-19-11-5-12-20-35)45-36-21-13-6-14-22-36/h3-30,40,48H,1-2H3. The molecule has 0 aromatic heterocycles. The van der Waals surface area contributed by atoms with Crippen LogP contribution >= 0.6 is 16.0 Å². The summed E-state index contributed by atoms with van der Waals surface area (Å²) in [6, 6.07) is 50.0. The predicted molar refractivity (Wildman–Crippen MR) is 193 cm³/mol. The fourth-order valence-corrected chi connectivity index (χ4v) is 7.61. The number of para-hydroxylation sites is 4. The summed E-state index contributed by atoms with van der Waals surface area (Å²) in [5.74, 6) is 2.26. The van der Waals surface area contributed by atoms with Crippen molar-refractivity contribution in [2.75, 3.05) is 0 Å². The Morgan fingerprint density at radius 3 is 1.04 bits per heavy atom. The molecule has 0 atom stereocenters. The Hall–Kier alpha value is -5.26. The van der Waals surface area contributed by atoms with Gasteiger partial charge < -0.3 is 9.05 Å². The summed E-state index contributed by atoms with van der Waals surface area (Å²) in [6.07, 6.45) is 0. The van der Waals surface area contributed by atoms with E-state index >= 15 is 0 Å². The van der Waals surface area contributed by atoms with Gasteiger partial charge in [0.1, 0.15) is 11.5 Å². The molecule has 8 nitrogen and oxygen atoms in total. The van der Waals surface area contributed by atoms with Crippen LogP contribution in [0.25, 0.3) is 0 Å². The van der Waals surface area contributed by atoms with Crippen molar-refractivity contribution in [3.8, 4) is 34.5 Å². The van der Waals surface area contributed by atoms with Crippen LogP contribution in [0.3, 0.4) is 0 Å². The van der Waals surface area contributed by atoms with Crippen LogP contribution in [0.2, 0.25) is 0 Å². The first-order valence-corrected chi connectivity index (χ1v) is 18.7. The van der Waals surface area contributed by atoms with E-state index in [1.165, 1.54) is 0 Å². The Morgan fingerprint density at radius 1 is 0.429 bits per heavy atom. The van der Waals surface area contributed by atoms with Crippen LogP contribution in [-0.4, -0.2) is 4.89 Å². The van der Waals surface area contributed by atoms with Crippen LogP contribution in [0.5, 0.6) is 34.5 Å². The summed E-state index contributed by atoms with van der Waals surface area (Å²) in [7, 11) is -8.35. The van der Waals surface area contributed by atoms with E-state index in [1.54, 1.807) is 121 Å². The van der Waals surface area contributed by atoms with Gasteiger partial charge in [0, 0.05) is 0 Å². The van der Waals surface area contributed by atoms with Gasteiger partial charge in [0.25, 0.3) is 0 Å². The number of benzene rings is 6. The summed E-state index contributed by atoms with van der Waals surface area (Å²) in [6.45, 7) is 4.17. The van der Waals surface area contributed by atoms with Crippen molar-refractivity contribution in [1.82, 2.24) is 0 Å². The SMILES string of the molecule is CC(C)(c1ccc(OP(=O)(Oc2ccccc2)Oc2ccccc2)cc1)c1ccc(O[PH](O)(Oc2ccccc2)Oc2ccccc2)cc1. The van der Waals surface area contributed by atoms with E-state index < -0.39 is 21.4 Å². The number of phosphoric ester groups is 1. The van der Waals surface area contributed by atoms with E-state index in [1.807, 2.05) is 48.5 Å². The van der Waals surface area contributed by atoms with Gasteiger partial charge in [-0.1, -0.05) is 36.4 Å². The molecule has 0 amide bonds. The van der Waals surface area contributed by atoms with Gasteiger partial charge >= 0.3 is 202 Å². The third-order valence-corrected chi connectivity index (χ3v) is 10.3. The average Bonchev–Trinajstić information content (AvgIpc) is 3.10. The van der Waals surface area contributed by atoms with Crippen molar-refractivity contribution in [2.45, 2.75) is 19.3 Å². The fourth-order valence-electron chi connectivity index (χ4n) is 4.93. The molecule has 0 heterocycles. The average molecular weight is 695 g/mol. The molecule has 0 aliphatic carbocycles. The molecule has 10 heteroatoms. The summed E-state index contributed by atoms with van der Waals surface area (Å²) >= 11 is 0. The minimum atomic E-state index is -4.23. The van der Waals surface area contributed by atoms with Crippen LogP contribution < -0.4 is 27.1 Å². The summed E-state index contributed by atoms with van der Waals surface area (Å²) < 4.78 is 49.0. The molecule has 0 saturated carbocycles. The normalized spacial score (nSPS) is 12.0. The number of hydrogen-bond donors (Lipinski definition) is 1. The van der Waals surface area contributed by atoms with Crippen LogP contribution in [0, 0.1) is 0 Å². The Balaban J connectivity index is 1.18. The fraction of sp³-hybridized carbons (Fsp3) is 0.0769. The monoisotopic (exact) mass is 694 g/mol. The number of phosphoric acid groups is 1. The van der Waals surface area contributed by atoms with Crippen molar-refractivity contribution >= 4 is 16.0 Å². The Morgan fingerprint density at radius 2 is 0.694 bits per heavy atom. The molecular formula is C39H36O8P2. The molecule has 0 fully saturated rings. The molecule has 0 saturated heterocycles. The van der Waals surface area contributed by atoms with Gasteiger partial charge in [-0.2, -0.15) is 4.57 Å². The minimum absolute atomic E-state index is 0.319. The zero-order chi connectivity index (χ0) is 34.2. The quantitative estimate of drug-likeness (QED) is 0.113. The Kier molecular flexibility index (Phi) is 10.2. The molecular weight excluding hydrogens is 658 g/mol. The molecule has 0 aliphatic rings. The molecule has 0 unspecified atom stereocenters. The zero-order valence-electron chi connectivity index (χ0n) is 26.9. The van der Waals surface area contributed by atoms with Crippen molar-refractivity contribution in [3.05, 3.63) is 181 Å². The summed E-state index contributed by atoms with van der Waals surface area (Å²) in [5.41, 5.74) is 1.51. The maximum atomic E-state index is 13.8. The Labute approximate surface area is 286 Å². The maximum absolute atomic E-state index is 13.8. The van der Waals surface area contributed by atoms with Crippen molar-refractivity contribution in [1.29, 1.82) is 0 Å². The van der Waals surface area contributed by atoms with E-state index in [-0.39, 0.29) is 0 Å². The molecule has 0 aliphatic heterocycles. The van der Waals surface area contributed by atoms with E-state index in [4.69, 9.17) is 27.1 Å². The van der Waals surface area contributed by atoms with Gasteiger partial charge in [-0.25, -0.2) is 0 Å². The third kappa shape index (κ3) is 9.01. The Bertz CT molecular complexity index is 1870. The molecule has 0 spiro atoms. The molecule has 49 heavy (non-hydrogen) atoms. The van der Waals surface area contributed by atoms with Crippen LogP contribution in [0.4, 0.5) is 0 Å². The second-order valence-corrected chi connectivity index (χ2v) is 14.6. The van der Waals surface area contributed by atoms with Crippen molar-refractivity contribution in [2.24, 2.45) is 0 Å². The zero-order valence-corrected chi connectivity index (χ0v) is 28.8. The van der Waals surface area contributed by atoms with Gasteiger partial charge in [0.15, 0.2) is 0 Å². The van der Waals surface area contributed by atoms with Crippen molar-refractivity contribution in [3.63, 3.8) is 0 Å². The first-order chi connectivity index (χ1) is 23.7. The van der Waals surface area contributed by atoms with E-state index in [0.29, 0.717) is 34.5 Å². The molecule has 0 bridgehead atoms.